The Morgan fingerprint density at radius 3 is 2.75 bits per heavy atom. The molecule has 0 bridgehead atoms. The molecule has 1 aliphatic carbocycles. The van der Waals surface area contributed by atoms with Crippen molar-refractivity contribution in [3.8, 4) is 0 Å². The molecule has 0 aromatic heterocycles. The Bertz CT molecular complexity index is 215. The monoisotopic (exact) mass is 228 g/mol. The van der Waals surface area contributed by atoms with Crippen molar-refractivity contribution in [1.29, 1.82) is 0 Å². The van der Waals surface area contributed by atoms with Crippen LogP contribution >= 0.6 is 0 Å². The van der Waals surface area contributed by atoms with E-state index in [1.54, 1.807) is 6.92 Å². The van der Waals surface area contributed by atoms with Crippen LogP contribution in [-0.2, 0) is 14.3 Å². The van der Waals surface area contributed by atoms with E-state index in [0.29, 0.717) is 6.61 Å². The molecule has 0 N–H and O–H groups in total. The number of ether oxygens (including phenoxy) is 2. The summed E-state index contributed by atoms with van der Waals surface area (Å²) in [6, 6.07) is 0. The number of rotatable bonds is 5. The van der Waals surface area contributed by atoms with Gasteiger partial charge >= 0.3 is 5.97 Å². The van der Waals surface area contributed by atoms with Crippen LogP contribution in [0.5, 0.6) is 0 Å². The van der Waals surface area contributed by atoms with Gasteiger partial charge < -0.3 is 9.47 Å². The largest absolute Gasteiger partial charge is 0.464 e. The van der Waals surface area contributed by atoms with E-state index in [0.717, 1.165) is 18.8 Å². The minimum absolute atomic E-state index is 0.235. The number of carbonyl (C=O) groups excluding carboxylic acids is 1. The summed E-state index contributed by atoms with van der Waals surface area (Å²) in [4.78, 5) is 11.4. The molecule has 0 amide bonds. The zero-order chi connectivity index (χ0) is 12.0. The molecule has 0 aromatic carbocycles. The van der Waals surface area contributed by atoms with Crippen LogP contribution in [0.1, 0.15) is 52.9 Å². The van der Waals surface area contributed by atoms with Crippen LogP contribution in [0.25, 0.3) is 0 Å². The Morgan fingerprint density at radius 1 is 1.38 bits per heavy atom. The van der Waals surface area contributed by atoms with Crippen molar-refractivity contribution in [3.05, 3.63) is 0 Å². The van der Waals surface area contributed by atoms with Crippen LogP contribution in [0.4, 0.5) is 0 Å². The first-order valence-corrected chi connectivity index (χ1v) is 6.49. The maximum Gasteiger partial charge on any atom is 0.334 e. The van der Waals surface area contributed by atoms with E-state index in [-0.39, 0.29) is 12.1 Å². The predicted molar refractivity (Wildman–Crippen MR) is 63.2 cm³/mol. The fourth-order valence-electron chi connectivity index (χ4n) is 2.34. The topological polar surface area (TPSA) is 35.5 Å². The van der Waals surface area contributed by atoms with E-state index in [1.807, 2.05) is 6.92 Å². The molecule has 16 heavy (non-hydrogen) atoms. The molecule has 3 nitrogen and oxygen atoms in total. The third kappa shape index (κ3) is 4.12. The Balaban J connectivity index is 2.32. The first-order chi connectivity index (χ1) is 7.67. The average molecular weight is 228 g/mol. The summed E-state index contributed by atoms with van der Waals surface area (Å²) in [5.41, 5.74) is 0. The van der Waals surface area contributed by atoms with Crippen molar-refractivity contribution in [2.45, 2.75) is 65.1 Å². The van der Waals surface area contributed by atoms with E-state index < -0.39 is 6.10 Å². The number of hydrogen-bond acceptors (Lipinski definition) is 3. The molecule has 1 rings (SSSR count). The van der Waals surface area contributed by atoms with Gasteiger partial charge in [0.15, 0.2) is 6.10 Å². The SMILES string of the molecule is CCOC(=O)C(C)OC1CCCC(CC)C1. The molecule has 0 heterocycles. The van der Waals surface area contributed by atoms with Crippen molar-refractivity contribution < 1.29 is 14.3 Å². The van der Waals surface area contributed by atoms with E-state index in [1.165, 1.54) is 19.3 Å². The van der Waals surface area contributed by atoms with Gasteiger partial charge in [-0.2, -0.15) is 0 Å². The highest BCUT2D eigenvalue weighted by Crippen LogP contribution is 2.29. The van der Waals surface area contributed by atoms with E-state index >= 15 is 0 Å². The molecule has 3 unspecified atom stereocenters. The molecule has 0 saturated heterocycles. The Labute approximate surface area is 98.5 Å². The highest BCUT2D eigenvalue weighted by atomic mass is 16.6. The average Bonchev–Trinajstić information content (AvgIpc) is 2.29. The van der Waals surface area contributed by atoms with Gasteiger partial charge in [-0.3, -0.25) is 0 Å². The van der Waals surface area contributed by atoms with E-state index in [9.17, 15) is 4.79 Å². The van der Waals surface area contributed by atoms with Crippen molar-refractivity contribution in [1.82, 2.24) is 0 Å². The second-order valence-electron chi connectivity index (χ2n) is 4.59. The summed E-state index contributed by atoms with van der Waals surface area (Å²) < 4.78 is 10.7. The zero-order valence-corrected chi connectivity index (χ0v) is 10.7. The van der Waals surface area contributed by atoms with Crippen LogP contribution in [0.2, 0.25) is 0 Å². The van der Waals surface area contributed by atoms with Gasteiger partial charge in [0.05, 0.1) is 12.7 Å². The van der Waals surface area contributed by atoms with Gasteiger partial charge in [-0.1, -0.05) is 26.2 Å². The lowest BCUT2D eigenvalue weighted by atomic mass is 9.85. The third-order valence-corrected chi connectivity index (χ3v) is 3.33. The van der Waals surface area contributed by atoms with Gasteiger partial charge in [0.25, 0.3) is 0 Å². The minimum atomic E-state index is -0.416. The summed E-state index contributed by atoms with van der Waals surface area (Å²) >= 11 is 0. The first kappa shape index (κ1) is 13.5. The van der Waals surface area contributed by atoms with Crippen molar-refractivity contribution in [2.24, 2.45) is 5.92 Å². The molecule has 3 heteroatoms. The molecule has 0 radical (unpaired) electrons. The zero-order valence-electron chi connectivity index (χ0n) is 10.7. The van der Waals surface area contributed by atoms with Gasteiger partial charge in [-0.25, -0.2) is 4.79 Å². The first-order valence-electron chi connectivity index (χ1n) is 6.49. The van der Waals surface area contributed by atoms with E-state index in [2.05, 4.69) is 6.92 Å². The second kappa shape index (κ2) is 6.89. The lowest BCUT2D eigenvalue weighted by molar-refractivity contribution is -0.160. The molecule has 3 atom stereocenters. The van der Waals surface area contributed by atoms with Gasteiger partial charge in [0.2, 0.25) is 0 Å². The Kier molecular flexibility index (Phi) is 5.81. The molecular weight excluding hydrogens is 204 g/mol. The van der Waals surface area contributed by atoms with Crippen LogP contribution in [0.15, 0.2) is 0 Å². The maximum absolute atomic E-state index is 11.4. The van der Waals surface area contributed by atoms with E-state index in [4.69, 9.17) is 9.47 Å². The smallest absolute Gasteiger partial charge is 0.334 e. The molecule has 1 aliphatic rings. The van der Waals surface area contributed by atoms with Crippen molar-refractivity contribution in [3.63, 3.8) is 0 Å². The molecular formula is C13H24O3. The normalized spacial score (nSPS) is 27.4. The third-order valence-electron chi connectivity index (χ3n) is 3.33. The highest BCUT2D eigenvalue weighted by molar-refractivity contribution is 5.74. The molecule has 1 saturated carbocycles. The van der Waals surface area contributed by atoms with Gasteiger partial charge in [0, 0.05) is 0 Å². The van der Waals surface area contributed by atoms with Crippen LogP contribution < -0.4 is 0 Å². The number of hydrogen-bond donors (Lipinski definition) is 0. The second-order valence-corrected chi connectivity index (χ2v) is 4.59. The summed E-state index contributed by atoms with van der Waals surface area (Å²) in [6.07, 6.45) is 5.76. The lowest BCUT2D eigenvalue weighted by Crippen LogP contribution is -2.31. The summed E-state index contributed by atoms with van der Waals surface area (Å²) in [7, 11) is 0. The quantitative estimate of drug-likeness (QED) is 0.679. The highest BCUT2D eigenvalue weighted by Gasteiger charge is 2.25. The van der Waals surface area contributed by atoms with Gasteiger partial charge in [-0.05, 0) is 32.6 Å². The standard InChI is InChI=1S/C13H24O3/c1-4-11-7-6-8-12(9-11)16-10(3)13(14)15-5-2/h10-12H,4-9H2,1-3H3. The maximum atomic E-state index is 11.4. The summed E-state index contributed by atoms with van der Waals surface area (Å²) in [6.45, 7) is 6.25. The fraction of sp³-hybridized carbons (Fsp3) is 0.923. The molecule has 0 aliphatic heterocycles. The van der Waals surface area contributed by atoms with Crippen molar-refractivity contribution in [2.75, 3.05) is 6.61 Å². The lowest BCUT2D eigenvalue weighted by Gasteiger charge is -2.30. The number of esters is 1. The molecule has 1 fully saturated rings. The number of carbonyl (C=O) groups is 1. The predicted octanol–water partition coefficient (Wildman–Crippen LogP) is 2.92. The molecule has 94 valence electrons. The Hall–Kier alpha value is -0.570. The van der Waals surface area contributed by atoms with Crippen LogP contribution in [-0.4, -0.2) is 24.8 Å². The summed E-state index contributed by atoms with van der Waals surface area (Å²) in [5, 5.41) is 0. The van der Waals surface area contributed by atoms with Crippen LogP contribution in [0.3, 0.4) is 0 Å². The molecule has 0 aromatic rings. The van der Waals surface area contributed by atoms with Crippen LogP contribution in [0, 0.1) is 5.92 Å². The fourth-order valence-corrected chi connectivity index (χ4v) is 2.34. The van der Waals surface area contributed by atoms with Crippen molar-refractivity contribution >= 4 is 5.97 Å². The van der Waals surface area contributed by atoms with Gasteiger partial charge in [-0.15, -0.1) is 0 Å². The Morgan fingerprint density at radius 2 is 2.12 bits per heavy atom. The minimum Gasteiger partial charge on any atom is -0.464 e. The summed E-state index contributed by atoms with van der Waals surface area (Å²) in [5.74, 6) is 0.536. The van der Waals surface area contributed by atoms with Gasteiger partial charge in [0.1, 0.15) is 0 Å². The molecule has 0 spiro atoms.